The van der Waals surface area contributed by atoms with E-state index >= 15 is 0 Å². The van der Waals surface area contributed by atoms with E-state index in [9.17, 15) is 4.79 Å². The number of piperidine rings is 1. The van der Waals surface area contributed by atoms with Crippen LogP contribution in [0, 0.1) is 6.92 Å². The second-order valence-corrected chi connectivity index (χ2v) is 5.34. The van der Waals surface area contributed by atoms with Gasteiger partial charge in [0.05, 0.1) is 0 Å². The summed E-state index contributed by atoms with van der Waals surface area (Å²) in [4.78, 5) is 12.0. The lowest BCUT2D eigenvalue weighted by Crippen LogP contribution is -2.45. The van der Waals surface area contributed by atoms with Crippen LogP contribution in [-0.4, -0.2) is 25.0 Å². The van der Waals surface area contributed by atoms with Gasteiger partial charge in [-0.15, -0.1) is 12.4 Å². The number of carbonyl (C=O) groups excluding carboxylic acids is 1. The molecule has 1 aromatic rings. The van der Waals surface area contributed by atoms with Crippen molar-refractivity contribution in [2.45, 2.75) is 25.8 Å². The van der Waals surface area contributed by atoms with Crippen LogP contribution in [0.3, 0.4) is 0 Å². The van der Waals surface area contributed by atoms with Gasteiger partial charge in [-0.3, -0.25) is 4.79 Å². The van der Waals surface area contributed by atoms with Crippen molar-refractivity contribution in [1.29, 1.82) is 0 Å². The van der Waals surface area contributed by atoms with Crippen molar-refractivity contribution in [2.75, 3.05) is 13.1 Å². The lowest BCUT2D eigenvalue weighted by Gasteiger charge is -2.23. The minimum Gasteiger partial charge on any atom is -0.348 e. The topological polar surface area (TPSA) is 41.1 Å². The molecule has 0 saturated carbocycles. The normalized spacial score (nSPS) is 18.9. The molecular weight excluding hydrogens is 316 g/mol. The third-order valence-corrected chi connectivity index (χ3v) is 3.92. The highest BCUT2D eigenvalue weighted by atomic mass is 79.9. The first kappa shape index (κ1) is 15.5. The Hall–Kier alpha value is -0.580. The Kier molecular flexibility index (Phi) is 6.12. The molecule has 100 valence electrons. The van der Waals surface area contributed by atoms with Crippen LogP contribution in [0.4, 0.5) is 0 Å². The molecule has 1 aliphatic heterocycles. The monoisotopic (exact) mass is 332 g/mol. The third-order valence-electron chi connectivity index (χ3n) is 3.07. The lowest BCUT2D eigenvalue weighted by molar-refractivity contribution is 0.0930. The summed E-state index contributed by atoms with van der Waals surface area (Å²) in [7, 11) is 0. The van der Waals surface area contributed by atoms with Crippen molar-refractivity contribution in [2.24, 2.45) is 0 Å². The number of rotatable bonds is 2. The molecule has 0 aliphatic carbocycles. The largest absolute Gasteiger partial charge is 0.348 e. The molecule has 3 nitrogen and oxygen atoms in total. The fraction of sp³-hybridized carbons (Fsp3) is 0.462. The van der Waals surface area contributed by atoms with E-state index in [0.717, 1.165) is 36.0 Å². The fourth-order valence-electron chi connectivity index (χ4n) is 1.98. The number of nitrogens with one attached hydrogen (secondary N) is 2. The summed E-state index contributed by atoms with van der Waals surface area (Å²) in [5.74, 6) is 0.0133. The van der Waals surface area contributed by atoms with Crippen LogP contribution in [0.2, 0.25) is 0 Å². The molecule has 1 fully saturated rings. The highest BCUT2D eigenvalue weighted by Gasteiger charge is 2.16. The minimum atomic E-state index is 0. The molecule has 0 spiro atoms. The zero-order valence-electron chi connectivity index (χ0n) is 10.3. The fourth-order valence-corrected chi connectivity index (χ4v) is 2.36. The summed E-state index contributed by atoms with van der Waals surface area (Å²) in [6.45, 7) is 3.94. The van der Waals surface area contributed by atoms with Gasteiger partial charge in [0.25, 0.3) is 5.91 Å². The van der Waals surface area contributed by atoms with Gasteiger partial charge in [0, 0.05) is 22.6 Å². The van der Waals surface area contributed by atoms with E-state index in [2.05, 4.69) is 26.6 Å². The molecule has 1 amide bonds. The number of halogens is 2. The van der Waals surface area contributed by atoms with Crippen molar-refractivity contribution in [3.8, 4) is 0 Å². The number of aryl methyl sites for hydroxylation is 1. The quantitative estimate of drug-likeness (QED) is 0.873. The molecule has 1 aliphatic rings. The maximum atomic E-state index is 12.0. The van der Waals surface area contributed by atoms with Gasteiger partial charge in [-0.25, -0.2) is 0 Å². The average Bonchev–Trinajstić information content (AvgIpc) is 2.34. The third kappa shape index (κ3) is 3.97. The first-order chi connectivity index (χ1) is 8.16. The standard InChI is InChI=1S/C13H17BrN2O.ClH/c1-9-4-5-10(7-12(9)14)13(17)16-11-3-2-6-15-8-11;/h4-5,7,11,15H,2-3,6,8H2,1H3,(H,16,17);1H. The number of benzene rings is 1. The van der Waals surface area contributed by atoms with Crippen molar-refractivity contribution in [3.63, 3.8) is 0 Å². The van der Waals surface area contributed by atoms with Gasteiger partial charge < -0.3 is 10.6 Å². The highest BCUT2D eigenvalue weighted by Crippen LogP contribution is 2.17. The molecule has 1 atom stereocenters. The molecule has 18 heavy (non-hydrogen) atoms. The first-order valence-corrected chi connectivity index (χ1v) is 6.74. The van der Waals surface area contributed by atoms with Gasteiger partial charge in [0.2, 0.25) is 0 Å². The Morgan fingerprint density at radius 3 is 2.89 bits per heavy atom. The van der Waals surface area contributed by atoms with Gasteiger partial charge >= 0.3 is 0 Å². The SMILES string of the molecule is Cc1ccc(C(=O)NC2CCCNC2)cc1Br.Cl. The van der Waals surface area contributed by atoms with E-state index in [1.807, 2.05) is 25.1 Å². The molecular formula is C13H18BrClN2O. The Morgan fingerprint density at radius 1 is 1.50 bits per heavy atom. The van der Waals surface area contributed by atoms with Gasteiger partial charge in [0.1, 0.15) is 0 Å². The molecule has 0 bridgehead atoms. The number of carbonyl (C=O) groups is 1. The summed E-state index contributed by atoms with van der Waals surface area (Å²) < 4.78 is 0.979. The van der Waals surface area contributed by atoms with Crippen molar-refractivity contribution < 1.29 is 4.79 Å². The summed E-state index contributed by atoms with van der Waals surface area (Å²) in [6, 6.07) is 5.96. The zero-order valence-corrected chi connectivity index (χ0v) is 12.7. The van der Waals surface area contributed by atoms with Crippen LogP contribution in [0.25, 0.3) is 0 Å². The van der Waals surface area contributed by atoms with Crippen LogP contribution < -0.4 is 10.6 Å². The second-order valence-electron chi connectivity index (χ2n) is 4.48. The highest BCUT2D eigenvalue weighted by molar-refractivity contribution is 9.10. The second kappa shape index (κ2) is 7.12. The van der Waals surface area contributed by atoms with E-state index in [1.54, 1.807) is 0 Å². The predicted octanol–water partition coefficient (Wildman–Crippen LogP) is 2.66. The minimum absolute atomic E-state index is 0. The van der Waals surface area contributed by atoms with E-state index in [1.165, 1.54) is 0 Å². The summed E-state index contributed by atoms with van der Waals surface area (Å²) in [6.07, 6.45) is 2.19. The molecule has 1 unspecified atom stereocenters. The summed E-state index contributed by atoms with van der Waals surface area (Å²) in [5.41, 5.74) is 1.86. The van der Waals surface area contributed by atoms with Crippen LogP contribution in [0.5, 0.6) is 0 Å². The Bertz CT molecular complexity index is 419. The van der Waals surface area contributed by atoms with Crippen molar-refractivity contribution in [3.05, 3.63) is 33.8 Å². The molecule has 1 saturated heterocycles. The van der Waals surface area contributed by atoms with Crippen LogP contribution in [-0.2, 0) is 0 Å². The molecule has 2 rings (SSSR count). The van der Waals surface area contributed by atoms with Gasteiger partial charge in [-0.1, -0.05) is 22.0 Å². The molecule has 1 heterocycles. The number of hydrogen-bond donors (Lipinski definition) is 2. The first-order valence-electron chi connectivity index (χ1n) is 5.94. The summed E-state index contributed by atoms with van der Waals surface area (Å²) in [5, 5.41) is 6.35. The molecule has 2 N–H and O–H groups in total. The van der Waals surface area contributed by atoms with Gasteiger partial charge in [0.15, 0.2) is 0 Å². The van der Waals surface area contributed by atoms with Gasteiger partial charge in [-0.2, -0.15) is 0 Å². The predicted molar refractivity (Wildman–Crippen MR) is 79.5 cm³/mol. The van der Waals surface area contributed by atoms with Crippen LogP contribution in [0.15, 0.2) is 22.7 Å². The Balaban J connectivity index is 0.00000162. The van der Waals surface area contributed by atoms with Crippen LogP contribution in [0.1, 0.15) is 28.8 Å². The maximum absolute atomic E-state index is 12.0. The summed E-state index contributed by atoms with van der Waals surface area (Å²) >= 11 is 3.45. The van der Waals surface area contributed by atoms with E-state index in [4.69, 9.17) is 0 Å². The van der Waals surface area contributed by atoms with E-state index in [0.29, 0.717) is 5.56 Å². The number of amides is 1. The van der Waals surface area contributed by atoms with E-state index in [-0.39, 0.29) is 24.4 Å². The molecule has 5 heteroatoms. The van der Waals surface area contributed by atoms with Crippen molar-refractivity contribution >= 4 is 34.2 Å². The Labute approximate surface area is 122 Å². The smallest absolute Gasteiger partial charge is 0.251 e. The molecule has 0 aromatic heterocycles. The van der Waals surface area contributed by atoms with Crippen molar-refractivity contribution in [1.82, 2.24) is 10.6 Å². The lowest BCUT2D eigenvalue weighted by atomic mass is 10.1. The van der Waals surface area contributed by atoms with Crippen LogP contribution >= 0.6 is 28.3 Å². The zero-order chi connectivity index (χ0) is 12.3. The molecule has 0 radical (unpaired) electrons. The maximum Gasteiger partial charge on any atom is 0.251 e. The average molecular weight is 334 g/mol. The van der Waals surface area contributed by atoms with Gasteiger partial charge in [-0.05, 0) is 44.0 Å². The van der Waals surface area contributed by atoms with E-state index < -0.39 is 0 Å². The number of hydrogen-bond acceptors (Lipinski definition) is 2. The molecule has 1 aromatic carbocycles. The Morgan fingerprint density at radius 2 is 2.28 bits per heavy atom.